The molecule has 8 aromatic rings. The Kier molecular flexibility index (Phi) is 11.6. The van der Waals surface area contributed by atoms with E-state index in [0.29, 0.717) is 27.7 Å². The monoisotopic (exact) mass is 977 g/mol. The Morgan fingerprint density at radius 1 is 0.745 bits per heavy atom. The van der Waals surface area contributed by atoms with E-state index in [1.165, 1.54) is 21.7 Å². The Labute approximate surface area is 335 Å². The van der Waals surface area contributed by atoms with Crippen molar-refractivity contribution < 1.29 is 37.7 Å². The van der Waals surface area contributed by atoms with Crippen LogP contribution in [-0.2, 0) is 26.3 Å². The van der Waals surface area contributed by atoms with Gasteiger partial charge in [-0.05, 0) is 35.1 Å². The van der Waals surface area contributed by atoms with Crippen LogP contribution in [-0.4, -0.2) is 32.8 Å². The van der Waals surface area contributed by atoms with E-state index in [1.807, 2.05) is 54.7 Å². The van der Waals surface area contributed by atoms with Gasteiger partial charge in [-0.15, -0.1) is 18.2 Å². The van der Waals surface area contributed by atoms with Crippen molar-refractivity contribution in [3.8, 4) is 28.3 Å². The van der Waals surface area contributed by atoms with E-state index in [1.54, 1.807) is 12.1 Å². The van der Waals surface area contributed by atoms with Crippen molar-refractivity contribution in [2.45, 2.75) is 63.0 Å². The smallest absolute Gasteiger partial charge is 0 e. The van der Waals surface area contributed by atoms with E-state index in [0.717, 1.165) is 34.0 Å². The van der Waals surface area contributed by atoms with Gasteiger partial charge in [-0.1, -0.05) is 69.0 Å². The number of furan rings is 1. The number of hydrogen-bond acceptors (Lipinski definition) is 4. The largest absolute Gasteiger partial charge is 0 e. The Hall–Kier alpha value is -4.57. The van der Waals surface area contributed by atoms with Gasteiger partial charge in [0.1, 0.15) is 11.3 Å². The second-order valence-corrected chi connectivity index (χ2v) is 25.7. The molecular weight excluding hydrogens is 934 g/mol. The Bertz CT molecular complexity index is 2560. The summed E-state index contributed by atoms with van der Waals surface area (Å²) in [5.74, 6) is 8.25. The summed E-state index contributed by atoms with van der Waals surface area (Å²) in [7, 11) is 0. The van der Waals surface area contributed by atoms with Crippen molar-refractivity contribution >= 4 is 50.6 Å². The van der Waals surface area contributed by atoms with Gasteiger partial charge in [-0.25, -0.2) is 0 Å². The molecule has 0 aliphatic heterocycles. The van der Waals surface area contributed by atoms with E-state index in [9.17, 15) is 13.2 Å². The predicted octanol–water partition coefficient (Wildman–Crippen LogP) is 12.1. The summed E-state index contributed by atoms with van der Waals surface area (Å²) in [4.78, 5) is 13.2. The molecule has 8 rings (SSSR count). The first kappa shape index (κ1) is 40.1. The zero-order valence-corrected chi connectivity index (χ0v) is 36.2. The van der Waals surface area contributed by atoms with Crippen LogP contribution in [0.3, 0.4) is 0 Å². The average molecular weight is 976 g/mol. The van der Waals surface area contributed by atoms with Gasteiger partial charge in [0.25, 0.3) is 0 Å². The summed E-state index contributed by atoms with van der Waals surface area (Å²) in [5, 5.41) is 1.17. The molecule has 4 aromatic heterocycles. The van der Waals surface area contributed by atoms with Gasteiger partial charge in [0, 0.05) is 43.4 Å². The molecule has 55 heavy (non-hydrogen) atoms. The van der Waals surface area contributed by atoms with Gasteiger partial charge in [-0.2, -0.15) is 13.2 Å². The van der Waals surface area contributed by atoms with Crippen molar-refractivity contribution in [2.75, 3.05) is 0 Å². The van der Waals surface area contributed by atoms with E-state index in [2.05, 4.69) is 102 Å². The number of nitrogens with zero attached hydrogens (tertiary/aromatic N) is 4. The van der Waals surface area contributed by atoms with Gasteiger partial charge in [0.2, 0.25) is 0 Å². The van der Waals surface area contributed by atoms with Gasteiger partial charge in [0.15, 0.2) is 0 Å². The molecule has 0 spiro atoms. The maximum absolute atomic E-state index is 13.4. The molecule has 0 saturated heterocycles. The van der Waals surface area contributed by atoms with Crippen LogP contribution in [0.5, 0.6) is 0 Å². The number of benzene rings is 4. The van der Waals surface area contributed by atoms with E-state index >= 15 is 0 Å². The van der Waals surface area contributed by atoms with Crippen molar-refractivity contribution in [1.82, 2.24) is 19.5 Å². The third-order valence-electron chi connectivity index (χ3n) is 9.57. The van der Waals surface area contributed by atoms with Crippen LogP contribution in [0.1, 0.15) is 56.4 Å². The molecular formula is C45H41F3GeIrN4O-2. The van der Waals surface area contributed by atoms with Gasteiger partial charge >= 0.3 is 106 Å². The van der Waals surface area contributed by atoms with Gasteiger partial charge in [-0.3, -0.25) is 9.97 Å². The summed E-state index contributed by atoms with van der Waals surface area (Å²) < 4.78 is 49.8. The molecule has 283 valence electrons. The standard InChI is InChI=1S/C31H25F3N3O.C14H16GeN.Ir/c1-17(2)19-9-7-10-20(18(3)4)28(19)37-25-14-6-5-13-24(25)36-30(37)22-12-8-11-21-23-16-35-27(31(32,33)34)15-26(23)38-29(21)22;1-15(2,3)13-9-10-14(16-11-13)12-7-5-4-6-8-12;/h5-11,13-18H,1-4H3;4-7,9-11H,1-3H3;/q2*-1;. The number of fused-ring (bicyclic) bond motifs is 4. The fraction of sp³-hybridized carbons (Fsp3) is 0.222. The summed E-state index contributed by atoms with van der Waals surface area (Å²) in [6.07, 6.45) is -1.30. The summed E-state index contributed by atoms with van der Waals surface area (Å²) in [5.41, 5.74) is 7.36. The molecule has 5 nitrogen and oxygen atoms in total. The minimum Gasteiger partial charge on any atom is 0 e. The normalized spacial score (nSPS) is 12.0. The second-order valence-electron chi connectivity index (χ2n) is 15.1. The number of aromatic nitrogens is 4. The molecule has 0 unspecified atom stereocenters. The first-order chi connectivity index (χ1) is 25.7. The minimum atomic E-state index is -4.57. The van der Waals surface area contributed by atoms with Crippen LogP contribution in [0, 0.1) is 12.1 Å². The maximum atomic E-state index is 13.4. The molecule has 4 heterocycles. The fourth-order valence-electron chi connectivity index (χ4n) is 6.70. The van der Waals surface area contributed by atoms with Crippen LogP contribution >= 0.6 is 0 Å². The van der Waals surface area contributed by atoms with Crippen LogP contribution in [0.2, 0.25) is 17.3 Å². The number of para-hydroxylation sites is 3. The van der Waals surface area contributed by atoms with Crippen molar-refractivity contribution in [3.63, 3.8) is 0 Å². The molecule has 10 heteroatoms. The quantitative estimate of drug-likeness (QED) is 0.123. The number of halogens is 3. The van der Waals surface area contributed by atoms with Gasteiger partial charge in [0.05, 0.1) is 22.4 Å². The summed E-state index contributed by atoms with van der Waals surface area (Å²) >= 11 is -1.72. The van der Waals surface area contributed by atoms with Crippen molar-refractivity contribution in [3.05, 3.63) is 138 Å². The van der Waals surface area contributed by atoms with Gasteiger partial charge < -0.3 is 8.98 Å². The van der Waals surface area contributed by atoms with Crippen LogP contribution in [0.4, 0.5) is 13.2 Å². The maximum Gasteiger partial charge on any atom is 0 e. The Balaban J connectivity index is 0.000000254. The van der Waals surface area contributed by atoms with E-state index in [4.69, 9.17) is 9.40 Å². The molecule has 0 saturated carbocycles. The number of pyridine rings is 2. The predicted molar refractivity (Wildman–Crippen MR) is 215 cm³/mol. The van der Waals surface area contributed by atoms with Crippen LogP contribution in [0.25, 0.3) is 61.3 Å². The molecule has 0 amide bonds. The molecule has 0 N–H and O–H groups in total. The zero-order chi connectivity index (χ0) is 38.4. The van der Waals surface area contributed by atoms with Crippen LogP contribution in [0.15, 0.2) is 114 Å². The molecule has 1 radical (unpaired) electrons. The summed E-state index contributed by atoms with van der Waals surface area (Å²) in [6.45, 7) is 8.66. The molecule has 0 atom stereocenters. The number of rotatable bonds is 6. The van der Waals surface area contributed by atoms with Crippen LogP contribution < -0.4 is 4.40 Å². The second kappa shape index (κ2) is 15.9. The minimum absolute atomic E-state index is 0. The Morgan fingerprint density at radius 2 is 1.45 bits per heavy atom. The first-order valence-electron chi connectivity index (χ1n) is 18.1. The Morgan fingerprint density at radius 3 is 2.07 bits per heavy atom. The average Bonchev–Trinajstić information content (AvgIpc) is 3.73. The molecule has 4 aromatic carbocycles. The molecule has 0 aliphatic rings. The number of alkyl halides is 3. The third kappa shape index (κ3) is 8.06. The van der Waals surface area contributed by atoms with Crippen molar-refractivity contribution in [1.29, 1.82) is 0 Å². The SMILES string of the molecule is CC(C)c1cccc(C(C)C)c1-n1c(-c2[c-]ccc3c2oc2cc(C(F)(F)F)ncc23)nc2ccccc21.[CH3][Ge]([CH3])([CH3])[c]1ccc(-c2[c-]cccc2)nc1.[Ir]. The summed E-state index contributed by atoms with van der Waals surface area (Å²) in [6, 6.07) is 37.5. The fourth-order valence-corrected chi connectivity index (χ4v) is 8.87. The molecule has 0 fully saturated rings. The number of imidazole rings is 1. The molecule has 0 aliphatic carbocycles. The molecule has 0 bridgehead atoms. The van der Waals surface area contributed by atoms with E-state index < -0.39 is 25.1 Å². The van der Waals surface area contributed by atoms with Crippen molar-refractivity contribution in [2.24, 2.45) is 0 Å². The van der Waals surface area contributed by atoms with E-state index in [-0.39, 0.29) is 37.5 Å². The third-order valence-corrected chi connectivity index (χ3v) is 13.8. The zero-order valence-electron chi connectivity index (χ0n) is 31.7. The number of hydrogen-bond donors (Lipinski definition) is 0. The topological polar surface area (TPSA) is 56.7 Å². The first-order valence-corrected chi connectivity index (χ1v) is 25.4.